The Labute approximate surface area is 162 Å². The van der Waals surface area contributed by atoms with Gasteiger partial charge in [-0.15, -0.1) is 0 Å². The van der Waals surface area contributed by atoms with Crippen LogP contribution in [0.3, 0.4) is 0 Å². The fourth-order valence-corrected chi connectivity index (χ4v) is 4.92. The van der Waals surface area contributed by atoms with Crippen molar-refractivity contribution in [1.82, 2.24) is 14.7 Å². The Morgan fingerprint density at radius 3 is 2.33 bits per heavy atom. The first-order valence-electron chi connectivity index (χ1n) is 10.6. The number of hydrogen-bond acceptors (Lipinski definition) is 2. The molecule has 5 heteroatoms. The highest BCUT2D eigenvalue weighted by molar-refractivity contribution is 5.81. The van der Waals surface area contributed by atoms with Crippen LogP contribution in [0, 0.1) is 5.92 Å². The second-order valence-electron chi connectivity index (χ2n) is 8.28. The zero-order valence-electron chi connectivity index (χ0n) is 16.2. The van der Waals surface area contributed by atoms with E-state index in [9.17, 15) is 9.59 Å². The SMILES string of the molecule is O=C(N1CCCC1)N1CCC[C@@H](C(=O)N2CCC[C@H]2Cc2ccccc2)C1. The molecule has 0 bridgehead atoms. The van der Waals surface area contributed by atoms with Crippen molar-refractivity contribution in [2.75, 3.05) is 32.7 Å². The van der Waals surface area contributed by atoms with Crippen molar-refractivity contribution >= 4 is 11.9 Å². The highest BCUT2D eigenvalue weighted by Gasteiger charge is 2.37. The molecule has 0 aromatic heterocycles. The van der Waals surface area contributed by atoms with Crippen LogP contribution >= 0.6 is 0 Å². The Morgan fingerprint density at radius 2 is 1.56 bits per heavy atom. The van der Waals surface area contributed by atoms with Gasteiger partial charge in [-0.2, -0.15) is 0 Å². The van der Waals surface area contributed by atoms with Crippen LogP contribution in [0.25, 0.3) is 0 Å². The molecule has 3 aliphatic heterocycles. The summed E-state index contributed by atoms with van der Waals surface area (Å²) in [5.41, 5.74) is 1.30. The first-order valence-corrected chi connectivity index (χ1v) is 10.6. The molecule has 3 heterocycles. The fraction of sp³-hybridized carbons (Fsp3) is 0.636. The second kappa shape index (κ2) is 8.32. The Hall–Kier alpha value is -2.04. The average molecular weight is 370 g/mol. The highest BCUT2D eigenvalue weighted by atomic mass is 16.2. The summed E-state index contributed by atoms with van der Waals surface area (Å²) in [7, 11) is 0. The summed E-state index contributed by atoms with van der Waals surface area (Å²) >= 11 is 0. The lowest BCUT2D eigenvalue weighted by molar-refractivity contribution is -0.137. The van der Waals surface area contributed by atoms with Crippen molar-refractivity contribution in [2.45, 2.75) is 51.0 Å². The molecule has 3 saturated heterocycles. The van der Waals surface area contributed by atoms with E-state index >= 15 is 0 Å². The summed E-state index contributed by atoms with van der Waals surface area (Å²) in [5, 5.41) is 0. The van der Waals surface area contributed by atoms with E-state index in [1.54, 1.807) is 0 Å². The number of piperidine rings is 1. The molecule has 0 saturated carbocycles. The Morgan fingerprint density at radius 1 is 0.852 bits per heavy atom. The van der Waals surface area contributed by atoms with Gasteiger partial charge < -0.3 is 14.7 Å². The molecule has 5 nitrogen and oxygen atoms in total. The maximum absolute atomic E-state index is 13.3. The summed E-state index contributed by atoms with van der Waals surface area (Å²) in [5.74, 6) is 0.244. The van der Waals surface area contributed by atoms with Crippen LogP contribution in [0.15, 0.2) is 30.3 Å². The highest BCUT2D eigenvalue weighted by Crippen LogP contribution is 2.27. The summed E-state index contributed by atoms with van der Waals surface area (Å²) in [6.07, 6.45) is 7.18. The predicted molar refractivity (Wildman–Crippen MR) is 105 cm³/mol. The largest absolute Gasteiger partial charge is 0.339 e. The van der Waals surface area contributed by atoms with E-state index in [0.717, 1.165) is 71.1 Å². The number of nitrogens with zero attached hydrogens (tertiary/aromatic N) is 3. The lowest BCUT2D eigenvalue weighted by atomic mass is 9.95. The molecule has 4 rings (SSSR count). The summed E-state index contributed by atoms with van der Waals surface area (Å²) in [4.78, 5) is 32.0. The van der Waals surface area contributed by atoms with Crippen molar-refractivity contribution < 1.29 is 9.59 Å². The molecule has 3 fully saturated rings. The van der Waals surface area contributed by atoms with Crippen LogP contribution in [0.5, 0.6) is 0 Å². The van der Waals surface area contributed by atoms with Gasteiger partial charge in [0, 0.05) is 38.8 Å². The molecule has 27 heavy (non-hydrogen) atoms. The number of urea groups is 1. The number of likely N-dealkylation sites (tertiary alicyclic amines) is 3. The molecule has 0 unspecified atom stereocenters. The van der Waals surface area contributed by atoms with E-state index in [4.69, 9.17) is 0 Å². The van der Waals surface area contributed by atoms with E-state index < -0.39 is 0 Å². The van der Waals surface area contributed by atoms with Crippen LogP contribution in [0.1, 0.15) is 44.1 Å². The molecule has 1 aromatic carbocycles. The molecule has 0 aliphatic carbocycles. The summed E-state index contributed by atoms with van der Waals surface area (Å²) in [6.45, 7) is 4.01. The third kappa shape index (κ3) is 4.12. The van der Waals surface area contributed by atoms with Gasteiger partial charge in [0.25, 0.3) is 0 Å². The van der Waals surface area contributed by atoms with Crippen LogP contribution < -0.4 is 0 Å². The summed E-state index contributed by atoms with van der Waals surface area (Å²) < 4.78 is 0. The zero-order chi connectivity index (χ0) is 18.6. The van der Waals surface area contributed by atoms with Crippen LogP contribution in [-0.2, 0) is 11.2 Å². The van der Waals surface area contributed by atoms with Gasteiger partial charge in [-0.3, -0.25) is 4.79 Å². The number of hydrogen-bond donors (Lipinski definition) is 0. The molecule has 0 spiro atoms. The standard InChI is InChI=1S/C22H31N3O2/c26-21(25-15-7-11-20(25)16-18-8-2-1-3-9-18)19-10-6-14-24(17-19)22(27)23-12-4-5-13-23/h1-3,8-9,19-20H,4-7,10-17H2/t19-,20+/m1/s1. The normalized spacial score (nSPS) is 25.9. The fourth-order valence-electron chi connectivity index (χ4n) is 4.92. The minimum atomic E-state index is -0.0262. The summed E-state index contributed by atoms with van der Waals surface area (Å²) in [6, 6.07) is 10.9. The Kier molecular flexibility index (Phi) is 5.65. The predicted octanol–water partition coefficient (Wildman–Crippen LogP) is 3.15. The molecule has 0 N–H and O–H groups in total. The van der Waals surface area contributed by atoms with Gasteiger partial charge in [-0.05, 0) is 50.5 Å². The number of carbonyl (C=O) groups is 2. The second-order valence-corrected chi connectivity index (χ2v) is 8.28. The maximum Gasteiger partial charge on any atom is 0.320 e. The van der Waals surface area contributed by atoms with E-state index in [-0.39, 0.29) is 17.9 Å². The first kappa shape index (κ1) is 18.3. The van der Waals surface area contributed by atoms with Crippen LogP contribution in [-0.4, -0.2) is 65.4 Å². The maximum atomic E-state index is 13.3. The molecule has 3 amide bonds. The van der Waals surface area contributed by atoms with E-state index in [2.05, 4.69) is 29.2 Å². The lowest BCUT2D eigenvalue weighted by Gasteiger charge is -2.37. The third-order valence-electron chi connectivity index (χ3n) is 6.39. The van der Waals surface area contributed by atoms with Gasteiger partial charge in [-0.1, -0.05) is 30.3 Å². The molecule has 3 aliphatic rings. The van der Waals surface area contributed by atoms with E-state index in [1.807, 2.05) is 15.9 Å². The minimum Gasteiger partial charge on any atom is -0.339 e. The van der Waals surface area contributed by atoms with E-state index in [0.29, 0.717) is 12.6 Å². The third-order valence-corrected chi connectivity index (χ3v) is 6.39. The van der Waals surface area contributed by atoms with Gasteiger partial charge in [0.15, 0.2) is 0 Å². The van der Waals surface area contributed by atoms with Crippen molar-refractivity contribution in [2.24, 2.45) is 5.92 Å². The van der Waals surface area contributed by atoms with Crippen molar-refractivity contribution in [3.63, 3.8) is 0 Å². The van der Waals surface area contributed by atoms with Crippen molar-refractivity contribution in [1.29, 1.82) is 0 Å². The number of benzene rings is 1. The first-order chi connectivity index (χ1) is 13.2. The Balaban J connectivity index is 1.38. The van der Waals surface area contributed by atoms with Gasteiger partial charge in [-0.25, -0.2) is 4.79 Å². The molecule has 146 valence electrons. The van der Waals surface area contributed by atoms with Crippen LogP contribution in [0.2, 0.25) is 0 Å². The number of amides is 3. The van der Waals surface area contributed by atoms with Gasteiger partial charge in [0.2, 0.25) is 5.91 Å². The monoisotopic (exact) mass is 369 g/mol. The lowest BCUT2D eigenvalue weighted by Crippen LogP contribution is -2.51. The van der Waals surface area contributed by atoms with Crippen LogP contribution in [0.4, 0.5) is 4.79 Å². The molecular weight excluding hydrogens is 338 g/mol. The number of carbonyl (C=O) groups excluding carboxylic acids is 2. The van der Waals surface area contributed by atoms with Gasteiger partial charge in [0.1, 0.15) is 0 Å². The molecule has 0 radical (unpaired) electrons. The minimum absolute atomic E-state index is 0.0262. The topological polar surface area (TPSA) is 43.9 Å². The quantitative estimate of drug-likeness (QED) is 0.821. The smallest absolute Gasteiger partial charge is 0.320 e. The van der Waals surface area contributed by atoms with Crippen molar-refractivity contribution in [3.05, 3.63) is 35.9 Å². The van der Waals surface area contributed by atoms with E-state index in [1.165, 1.54) is 5.56 Å². The van der Waals surface area contributed by atoms with Gasteiger partial charge in [0.05, 0.1) is 5.92 Å². The van der Waals surface area contributed by atoms with Crippen molar-refractivity contribution in [3.8, 4) is 0 Å². The molecular formula is C22H31N3O2. The Bertz CT molecular complexity index is 657. The zero-order valence-corrected chi connectivity index (χ0v) is 16.2. The number of rotatable bonds is 3. The molecule has 2 atom stereocenters. The van der Waals surface area contributed by atoms with Gasteiger partial charge >= 0.3 is 6.03 Å². The average Bonchev–Trinajstić information content (AvgIpc) is 3.40. The molecule has 1 aromatic rings.